The lowest BCUT2D eigenvalue weighted by Gasteiger charge is -2.34. The summed E-state index contributed by atoms with van der Waals surface area (Å²) in [4.78, 5) is 10.5. The minimum atomic E-state index is -3.15. The summed E-state index contributed by atoms with van der Waals surface area (Å²) < 4.78 is 24.4. The Morgan fingerprint density at radius 2 is 2.30 bits per heavy atom. The van der Waals surface area contributed by atoms with Crippen molar-refractivity contribution in [3.8, 4) is 0 Å². The Balaban J connectivity index is 2.35. The van der Waals surface area contributed by atoms with Gasteiger partial charge in [-0.15, -0.1) is 11.6 Å². The summed E-state index contributed by atoms with van der Waals surface area (Å²) in [6, 6.07) is 0. The van der Waals surface area contributed by atoms with Crippen LogP contribution in [-0.2, 0) is 15.7 Å². The van der Waals surface area contributed by atoms with Crippen molar-refractivity contribution in [3.05, 3.63) is 17.5 Å². The van der Waals surface area contributed by atoms with E-state index in [4.69, 9.17) is 11.6 Å². The third-order valence-corrected chi connectivity index (χ3v) is 6.95. The largest absolute Gasteiger partial charge is 0.322 e. The van der Waals surface area contributed by atoms with Crippen molar-refractivity contribution in [1.82, 2.24) is 9.97 Å². The van der Waals surface area contributed by atoms with E-state index >= 15 is 0 Å². The van der Waals surface area contributed by atoms with Crippen LogP contribution in [0.5, 0.6) is 0 Å². The molecular weight excluding hydrogens is 318 g/mol. The maximum atomic E-state index is 12.2. The molecule has 1 aliphatic heterocycles. The highest BCUT2D eigenvalue weighted by Gasteiger charge is 2.34. The first-order valence-electron chi connectivity index (χ1n) is 6.44. The van der Waals surface area contributed by atoms with Crippen LogP contribution in [0.1, 0.15) is 18.2 Å². The van der Waals surface area contributed by atoms with Crippen LogP contribution in [0.3, 0.4) is 0 Å². The molecule has 1 aromatic heterocycles. The molecule has 0 N–H and O–H groups in total. The highest BCUT2D eigenvalue weighted by atomic mass is 35.5. The third kappa shape index (κ3) is 3.20. The molecule has 0 spiro atoms. The monoisotopic (exact) mass is 335 g/mol. The van der Waals surface area contributed by atoms with E-state index in [9.17, 15) is 8.42 Å². The Labute approximate surface area is 129 Å². The molecule has 112 valence electrons. The van der Waals surface area contributed by atoms with E-state index in [0.29, 0.717) is 24.1 Å². The molecule has 0 amide bonds. The molecule has 1 fully saturated rings. The van der Waals surface area contributed by atoms with E-state index in [1.807, 2.05) is 6.92 Å². The minimum Gasteiger partial charge on any atom is -0.322 e. The van der Waals surface area contributed by atoms with E-state index in [-0.39, 0.29) is 5.75 Å². The molecule has 20 heavy (non-hydrogen) atoms. The van der Waals surface area contributed by atoms with Crippen molar-refractivity contribution < 1.29 is 8.42 Å². The first-order valence-corrected chi connectivity index (χ1v) is 9.84. The zero-order chi connectivity index (χ0) is 14.8. The molecule has 0 aliphatic carbocycles. The number of hydrogen-bond acceptors (Lipinski definition) is 6. The maximum Gasteiger partial charge on any atom is 0.226 e. The fourth-order valence-corrected chi connectivity index (χ4v) is 5.28. The Bertz CT molecular complexity index is 580. The predicted molar refractivity (Wildman–Crippen MR) is 84.2 cm³/mol. The first kappa shape index (κ1) is 15.9. The number of rotatable bonds is 4. The smallest absolute Gasteiger partial charge is 0.226 e. The van der Waals surface area contributed by atoms with E-state index < -0.39 is 15.2 Å². The van der Waals surface area contributed by atoms with Crippen molar-refractivity contribution >= 4 is 39.1 Å². The first-order chi connectivity index (χ1) is 9.49. The Kier molecular flexibility index (Phi) is 5.14. The summed E-state index contributed by atoms with van der Waals surface area (Å²) in [6.07, 6.45) is 1.68. The van der Waals surface area contributed by atoms with Crippen LogP contribution in [0.15, 0.2) is 6.20 Å². The summed E-state index contributed by atoms with van der Waals surface area (Å²) in [5.41, 5.74) is 1.67. The van der Waals surface area contributed by atoms with Crippen molar-refractivity contribution in [3.63, 3.8) is 0 Å². The van der Waals surface area contributed by atoms with Crippen LogP contribution in [0.2, 0.25) is 0 Å². The number of anilines is 1. The van der Waals surface area contributed by atoms with Crippen LogP contribution < -0.4 is 4.90 Å². The Morgan fingerprint density at radius 1 is 1.55 bits per heavy atom. The van der Waals surface area contributed by atoms with Crippen molar-refractivity contribution in [2.24, 2.45) is 0 Å². The second-order valence-corrected chi connectivity index (χ2v) is 8.45. The highest BCUT2D eigenvalue weighted by Crippen LogP contribution is 2.25. The number of halogens is 1. The number of aromatic nitrogens is 2. The highest BCUT2D eigenvalue weighted by molar-refractivity contribution is 8.01. The summed E-state index contributed by atoms with van der Waals surface area (Å²) in [7, 11) is -3.15. The lowest BCUT2D eigenvalue weighted by molar-refractivity contribution is 0.577. The number of hydrogen-bond donors (Lipinski definition) is 0. The Hall–Kier alpha value is -0.530. The van der Waals surface area contributed by atoms with E-state index in [1.54, 1.807) is 29.8 Å². The van der Waals surface area contributed by atoms with Crippen LogP contribution in [0, 0.1) is 6.92 Å². The zero-order valence-corrected chi connectivity index (χ0v) is 13.9. The second kappa shape index (κ2) is 6.49. The van der Waals surface area contributed by atoms with Gasteiger partial charge in [0.05, 0.1) is 5.88 Å². The zero-order valence-electron chi connectivity index (χ0n) is 11.5. The van der Waals surface area contributed by atoms with Gasteiger partial charge in [-0.2, -0.15) is 11.8 Å². The standard InChI is InChI=1S/C12H18ClN3O2S2/c1-3-20(17,18)11-8-19-5-4-16(11)12-14-7-10(6-13)9(2)15-12/h7,11H,3-6,8H2,1-2H3. The number of alkyl halides is 1. The molecule has 0 saturated carbocycles. The quantitative estimate of drug-likeness (QED) is 0.782. The average molecular weight is 336 g/mol. The van der Waals surface area contributed by atoms with Crippen molar-refractivity contribution in [2.75, 3.05) is 28.7 Å². The van der Waals surface area contributed by atoms with E-state index in [2.05, 4.69) is 9.97 Å². The molecule has 0 radical (unpaired) electrons. The van der Waals surface area contributed by atoms with Crippen LogP contribution >= 0.6 is 23.4 Å². The summed E-state index contributed by atoms with van der Waals surface area (Å²) in [6.45, 7) is 4.19. The molecular formula is C12H18ClN3O2S2. The molecule has 1 saturated heterocycles. The molecule has 1 unspecified atom stereocenters. The molecule has 2 rings (SSSR count). The van der Waals surface area contributed by atoms with Gasteiger partial charge in [0, 0.05) is 41.3 Å². The van der Waals surface area contributed by atoms with Crippen molar-refractivity contribution in [2.45, 2.75) is 25.1 Å². The van der Waals surface area contributed by atoms with Gasteiger partial charge in [-0.3, -0.25) is 0 Å². The van der Waals surface area contributed by atoms with Crippen LogP contribution in [-0.4, -0.2) is 47.6 Å². The SMILES string of the molecule is CCS(=O)(=O)C1CSCCN1c1ncc(CCl)c(C)n1. The van der Waals surface area contributed by atoms with Gasteiger partial charge in [0.2, 0.25) is 5.95 Å². The molecule has 1 atom stereocenters. The van der Waals surface area contributed by atoms with Gasteiger partial charge in [0.15, 0.2) is 9.84 Å². The van der Waals surface area contributed by atoms with Gasteiger partial charge in [0.1, 0.15) is 5.37 Å². The number of thioether (sulfide) groups is 1. The summed E-state index contributed by atoms with van der Waals surface area (Å²) in [5, 5.41) is -0.535. The van der Waals surface area contributed by atoms with Gasteiger partial charge in [0.25, 0.3) is 0 Å². The number of sulfone groups is 1. The second-order valence-electron chi connectivity index (χ2n) is 4.59. The number of aryl methyl sites for hydroxylation is 1. The topological polar surface area (TPSA) is 63.2 Å². The fourth-order valence-electron chi connectivity index (χ4n) is 2.05. The molecule has 8 heteroatoms. The van der Waals surface area contributed by atoms with Gasteiger partial charge < -0.3 is 4.90 Å². The van der Waals surface area contributed by atoms with Gasteiger partial charge in [-0.25, -0.2) is 18.4 Å². The summed E-state index contributed by atoms with van der Waals surface area (Å²) in [5.74, 6) is 2.43. The molecule has 1 aliphatic rings. The van der Waals surface area contributed by atoms with E-state index in [1.165, 1.54) is 0 Å². The molecule has 0 aromatic carbocycles. The molecule has 0 bridgehead atoms. The van der Waals surface area contributed by atoms with Crippen LogP contribution in [0.4, 0.5) is 5.95 Å². The lowest BCUT2D eigenvalue weighted by Crippen LogP contribution is -2.48. The third-order valence-electron chi connectivity index (χ3n) is 3.37. The van der Waals surface area contributed by atoms with Gasteiger partial charge in [-0.1, -0.05) is 6.92 Å². The van der Waals surface area contributed by atoms with Crippen LogP contribution in [0.25, 0.3) is 0 Å². The normalized spacial score (nSPS) is 20.1. The summed E-state index contributed by atoms with van der Waals surface area (Å²) >= 11 is 7.46. The lowest BCUT2D eigenvalue weighted by atomic mass is 10.3. The molecule has 5 nitrogen and oxygen atoms in total. The predicted octanol–water partition coefficient (Wildman–Crippen LogP) is 1.84. The van der Waals surface area contributed by atoms with E-state index in [0.717, 1.165) is 17.0 Å². The van der Waals surface area contributed by atoms with Gasteiger partial charge >= 0.3 is 0 Å². The molecule has 1 aromatic rings. The average Bonchev–Trinajstić information content (AvgIpc) is 2.47. The number of nitrogens with zero attached hydrogens (tertiary/aromatic N) is 3. The molecule has 2 heterocycles. The fraction of sp³-hybridized carbons (Fsp3) is 0.667. The minimum absolute atomic E-state index is 0.132. The van der Waals surface area contributed by atoms with Gasteiger partial charge in [-0.05, 0) is 6.92 Å². The maximum absolute atomic E-state index is 12.2. The van der Waals surface area contributed by atoms with Crippen molar-refractivity contribution in [1.29, 1.82) is 0 Å². The Morgan fingerprint density at radius 3 is 2.90 bits per heavy atom.